The zero-order valence-electron chi connectivity index (χ0n) is 19.4. The van der Waals surface area contributed by atoms with Crippen LogP contribution in [-0.4, -0.2) is 63.4 Å². The Morgan fingerprint density at radius 2 is 1.68 bits per heavy atom. The quantitative estimate of drug-likeness (QED) is 0.490. The molecule has 8 nitrogen and oxygen atoms in total. The number of ether oxygens (including phenoxy) is 1. The summed E-state index contributed by atoms with van der Waals surface area (Å²) in [7, 11) is -2.25. The Balaban J connectivity index is 1.45. The Morgan fingerprint density at radius 3 is 2.26 bits per heavy atom. The number of nitrogens with zero attached hydrogens (tertiary/aromatic N) is 3. The monoisotopic (exact) mass is 483 g/mol. The summed E-state index contributed by atoms with van der Waals surface area (Å²) in [6.07, 6.45) is 1.49. The van der Waals surface area contributed by atoms with Crippen LogP contribution in [0.25, 0.3) is 0 Å². The van der Waals surface area contributed by atoms with E-state index in [1.165, 1.54) is 10.6 Å². The largest absolute Gasteiger partial charge is 0.497 e. The third kappa shape index (κ3) is 5.43. The minimum Gasteiger partial charge on any atom is -0.497 e. The first-order valence-corrected chi connectivity index (χ1v) is 12.6. The molecule has 1 aliphatic heterocycles. The van der Waals surface area contributed by atoms with Crippen molar-refractivity contribution < 1.29 is 22.4 Å². The lowest BCUT2D eigenvalue weighted by atomic mass is 10.2. The van der Waals surface area contributed by atoms with Crippen LogP contribution in [0.1, 0.15) is 11.3 Å². The lowest BCUT2D eigenvalue weighted by Crippen LogP contribution is -2.51. The molecule has 34 heavy (non-hydrogen) atoms. The van der Waals surface area contributed by atoms with Gasteiger partial charge in [-0.1, -0.05) is 17.7 Å². The molecule has 1 saturated heterocycles. The summed E-state index contributed by atoms with van der Waals surface area (Å²) in [6, 6.07) is 17.9. The first-order valence-electron chi connectivity index (χ1n) is 11.1. The molecular weight excluding hydrogens is 454 g/mol. The van der Waals surface area contributed by atoms with Crippen LogP contribution in [0.3, 0.4) is 0 Å². The van der Waals surface area contributed by atoms with Crippen molar-refractivity contribution in [2.75, 3.05) is 44.7 Å². The maximum absolute atomic E-state index is 13.4. The minimum absolute atomic E-state index is 0.0131. The van der Waals surface area contributed by atoms with Gasteiger partial charge in [-0.3, -0.25) is 4.79 Å². The van der Waals surface area contributed by atoms with E-state index in [9.17, 15) is 13.2 Å². The zero-order valence-corrected chi connectivity index (χ0v) is 20.2. The van der Waals surface area contributed by atoms with Crippen molar-refractivity contribution in [1.82, 2.24) is 9.21 Å². The highest BCUT2D eigenvalue weighted by molar-refractivity contribution is 7.89. The van der Waals surface area contributed by atoms with E-state index in [4.69, 9.17) is 9.15 Å². The van der Waals surface area contributed by atoms with Crippen LogP contribution in [0.4, 0.5) is 5.69 Å². The molecule has 180 valence electrons. The highest BCUT2D eigenvalue weighted by atomic mass is 32.2. The fraction of sp³-hybridized carbons (Fsp3) is 0.320. The van der Waals surface area contributed by atoms with Gasteiger partial charge in [0.25, 0.3) is 0 Å². The molecule has 1 aromatic heterocycles. The number of amides is 1. The number of methoxy groups -OCH3 is 1. The minimum atomic E-state index is -3.88. The Bertz CT molecular complexity index is 1180. The van der Waals surface area contributed by atoms with Gasteiger partial charge in [-0.05, 0) is 55.5 Å². The number of anilines is 1. The number of hydrogen-bond donors (Lipinski definition) is 0. The number of sulfonamides is 1. The zero-order chi connectivity index (χ0) is 24.1. The number of hydrogen-bond acceptors (Lipinski definition) is 6. The van der Waals surface area contributed by atoms with Crippen LogP contribution in [0.15, 0.2) is 76.2 Å². The number of piperazine rings is 1. The highest BCUT2D eigenvalue weighted by Gasteiger charge is 2.30. The summed E-state index contributed by atoms with van der Waals surface area (Å²) in [4.78, 5) is 17.2. The normalized spacial score (nSPS) is 14.4. The van der Waals surface area contributed by atoms with Gasteiger partial charge < -0.3 is 19.0 Å². The topological polar surface area (TPSA) is 83.3 Å². The molecular formula is C25H29N3O5S. The van der Waals surface area contributed by atoms with Crippen molar-refractivity contribution in [2.24, 2.45) is 0 Å². The number of furan rings is 1. The molecule has 4 rings (SSSR count). The van der Waals surface area contributed by atoms with Gasteiger partial charge in [0.2, 0.25) is 15.9 Å². The average Bonchev–Trinajstić information content (AvgIpc) is 3.37. The molecule has 0 aliphatic carbocycles. The first kappa shape index (κ1) is 23.8. The third-order valence-corrected chi connectivity index (χ3v) is 7.76. The Kier molecular flexibility index (Phi) is 7.23. The molecule has 3 aromatic rings. The van der Waals surface area contributed by atoms with E-state index in [0.717, 1.165) is 17.0 Å². The predicted molar refractivity (Wildman–Crippen MR) is 129 cm³/mol. The maximum Gasteiger partial charge on any atom is 0.243 e. The molecule has 0 bridgehead atoms. The fourth-order valence-corrected chi connectivity index (χ4v) is 5.28. The van der Waals surface area contributed by atoms with Crippen molar-refractivity contribution in [2.45, 2.75) is 18.4 Å². The van der Waals surface area contributed by atoms with Gasteiger partial charge >= 0.3 is 0 Å². The van der Waals surface area contributed by atoms with E-state index < -0.39 is 10.0 Å². The molecule has 2 aromatic carbocycles. The smallest absolute Gasteiger partial charge is 0.243 e. The van der Waals surface area contributed by atoms with Gasteiger partial charge in [0.15, 0.2) is 0 Å². The van der Waals surface area contributed by atoms with Crippen LogP contribution >= 0.6 is 0 Å². The highest BCUT2D eigenvalue weighted by Crippen LogP contribution is 2.22. The number of aryl methyl sites for hydroxylation is 1. The van der Waals surface area contributed by atoms with E-state index in [-0.39, 0.29) is 23.9 Å². The molecule has 1 aliphatic rings. The summed E-state index contributed by atoms with van der Waals surface area (Å²) in [5.41, 5.74) is 2.02. The SMILES string of the molecule is COc1ccc(N2CCN(C(=O)CN(Cc3ccco3)S(=O)(=O)c3ccc(C)cc3)CC2)cc1. The molecule has 0 atom stereocenters. The van der Waals surface area contributed by atoms with Crippen LogP contribution < -0.4 is 9.64 Å². The van der Waals surface area contributed by atoms with Gasteiger partial charge in [-0.25, -0.2) is 8.42 Å². The second-order valence-corrected chi connectivity index (χ2v) is 10.2. The van der Waals surface area contributed by atoms with Crippen LogP contribution in [0.2, 0.25) is 0 Å². The summed E-state index contributed by atoms with van der Waals surface area (Å²) < 4.78 is 38.5. The molecule has 9 heteroatoms. The van der Waals surface area contributed by atoms with Crippen molar-refractivity contribution in [1.29, 1.82) is 0 Å². The van der Waals surface area contributed by atoms with Crippen LogP contribution in [0, 0.1) is 6.92 Å². The number of rotatable bonds is 8. The predicted octanol–water partition coefficient (Wildman–Crippen LogP) is 3.14. The molecule has 1 amide bonds. The maximum atomic E-state index is 13.4. The van der Waals surface area contributed by atoms with Crippen molar-refractivity contribution in [3.63, 3.8) is 0 Å². The molecule has 1 fully saturated rings. The third-order valence-electron chi connectivity index (χ3n) is 5.95. The van der Waals surface area contributed by atoms with E-state index in [1.54, 1.807) is 48.4 Å². The fourth-order valence-electron chi connectivity index (χ4n) is 3.92. The van der Waals surface area contributed by atoms with Crippen molar-refractivity contribution in [3.8, 4) is 5.75 Å². The van der Waals surface area contributed by atoms with Gasteiger partial charge in [0.1, 0.15) is 11.5 Å². The first-order chi connectivity index (χ1) is 16.4. The van der Waals surface area contributed by atoms with E-state index in [1.807, 2.05) is 31.2 Å². The summed E-state index contributed by atoms with van der Waals surface area (Å²) in [5, 5.41) is 0. The Morgan fingerprint density at radius 1 is 1.00 bits per heavy atom. The lowest BCUT2D eigenvalue weighted by molar-refractivity contribution is -0.131. The van der Waals surface area contributed by atoms with Gasteiger partial charge in [-0.2, -0.15) is 4.31 Å². The molecule has 0 spiro atoms. The second kappa shape index (κ2) is 10.3. The molecule has 0 radical (unpaired) electrons. The Hall–Kier alpha value is -3.30. The number of carbonyl (C=O) groups excluding carboxylic acids is 1. The van der Waals surface area contributed by atoms with Crippen LogP contribution in [-0.2, 0) is 21.4 Å². The van der Waals surface area contributed by atoms with Crippen LogP contribution in [0.5, 0.6) is 5.75 Å². The number of benzene rings is 2. The second-order valence-electron chi connectivity index (χ2n) is 8.23. The standard InChI is InChI=1S/C25H29N3O5S/c1-20-5-11-24(12-6-20)34(30,31)28(18-23-4-3-17-33-23)19-25(29)27-15-13-26(14-16-27)21-7-9-22(32-2)10-8-21/h3-12,17H,13-16,18-19H2,1-2H3. The van der Waals surface area contributed by atoms with Gasteiger partial charge in [-0.15, -0.1) is 0 Å². The Labute approximate surface area is 200 Å². The summed E-state index contributed by atoms with van der Waals surface area (Å²) in [6.45, 7) is 4.00. The van der Waals surface area contributed by atoms with Gasteiger partial charge in [0.05, 0.1) is 31.4 Å². The lowest BCUT2D eigenvalue weighted by Gasteiger charge is -2.37. The van der Waals surface area contributed by atoms with Crippen molar-refractivity contribution >= 4 is 21.6 Å². The van der Waals surface area contributed by atoms with Crippen molar-refractivity contribution in [3.05, 3.63) is 78.3 Å². The summed E-state index contributed by atoms with van der Waals surface area (Å²) >= 11 is 0. The van der Waals surface area contributed by atoms with E-state index >= 15 is 0 Å². The molecule has 2 heterocycles. The van der Waals surface area contributed by atoms with E-state index in [0.29, 0.717) is 31.9 Å². The molecule has 0 saturated carbocycles. The molecule has 0 unspecified atom stereocenters. The average molecular weight is 484 g/mol. The molecule has 0 N–H and O–H groups in total. The van der Waals surface area contributed by atoms with Gasteiger partial charge in [0, 0.05) is 31.9 Å². The summed E-state index contributed by atoms with van der Waals surface area (Å²) in [5.74, 6) is 1.05. The number of carbonyl (C=O) groups is 1. The van der Waals surface area contributed by atoms with E-state index in [2.05, 4.69) is 4.90 Å².